The van der Waals surface area contributed by atoms with Gasteiger partial charge in [0.1, 0.15) is 0 Å². The number of thiazole rings is 1. The Kier molecular flexibility index (Phi) is 4.47. The molecule has 0 aliphatic rings. The molecule has 2 rings (SSSR count). The Bertz CT molecular complexity index is 620. The van der Waals surface area contributed by atoms with E-state index < -0.39 is 0 Å². The van der Waals surface area contributed by atoms with Crippen LogP contribution in [0.1, 0.15) is 28.0 Å². The maximum Gasteiger partial charge on any atom is 0.319 e. The first-order chi connectivity index (χ1) is 9.54. The second-order valence-corrected chi connectivity index (χ2v) is 5.36. The Morgan fingerprint density at radius 3 is 2.50 bits per heavy atom. The molecule has 0 saturated heterocycles. The minimum absolute atomic E-state index is 0.0000893. The molecule has 0 saturated carbocycles. The average molecular weight is 289 g/mol. The van der Waals surface area contributed by atoms with Gasteiger partial charge in [-0.25, -0.2) is 9.78 Å². The third-order valence-corrected chi connectivity index (χ3v) is 3.47. The van der Waals surface area contributed by atoms with E-state index in [0.717, 1.165) is 10.7 Å². The monoisotopic (exact) mass is 289 g/mol. The first-order valence-electron chi connectivity index (χ1n) is 6.11. The Morgan fingerprint density at radius 1 is 1.25 bits per heavy atom. The van der Waals surface area contributed by atoms with E-state index in [0.29, 0.717) is 17.8 Å². The maximum atomic E-state index is 11.7. The van der Waals surface area contributed by atoms with Gasteiger partial charge in [0, 0.05) is 16.6 Å². The summed E-state index contributed by atoms with van der Waals surface area (Å²) >= 11 is 1.55. The molecule has 2 amide bonds. The normalized spacial score (nSPS) is 10.1. The molecule has 1 aromatic carbocycles. The predicted octanol–water partition coefficient (Wildman–Crippen LogP) is 2.98. The van der Waals surface area contributed by atoms with Gasteiger partial charge in [-0.15, -0.1) is 11.3 Å². The van der Waals surface area contributed by atoms with E-state index in [2.05, 4.69) is 15.6 Å². The van der Waals surface area contributed by atoms with Gasteiger partial charge in [0.25, 0.3) is 0 Å². The van der Waals surface area contributed by atoms with Crippen LogP contribution in [0.4, 0.5) is 10.5 Å². The highest BCUT2D eigenvalue weighted by Crippen LogP contribution is 2.10. The van der Waals surface area contributed by atoms with Crippen molar-refractivity contribution in [2.24, 2.45) is 0 Å². The zero-order valence-corrected chi connectivity index (χ0v) is 12.1. The summed E-state index contributed by atoms with van der Waals surface area (Å²) in [6.07, 6.45) is 0. The Labute approximate surface area is 121 Å². The number of amides is 2. The van der Waals surface area contributed by atoms with Crippen LogP contribution in [0.3, 0.4) is 0 Å². The number of Topliss-reactive ketones (excluding diaryl/α,β-unsaturated/α-hetero) is 1. The van der Waals surface area contributed by atoms with Crippen LogP contribution in [0.5, 0.6) is 0 Å². The molecule has 0 bridgehead atoms. The molecule has 104 valence electrons. The van der Waals surface area contributed by atoms with Gasteiger partial charge in [-0.05, 0) is 38.1 Å². The third-order valence-electron chi connectivity index (χ3n) is 2.65. The first kappa shape index (κ1) is 14.2. The second kappa shape index (κ2) is 6.29. The lowest BCUT2D eigenvalue weighted by atomic mass is 10.1. The summed E-state index contributed by atoms with van der Waals surface area (Å²) in [5.74, 6) is -0.0000893. The number of carbonyl (C=O) groups is 2. The smallest absolute Gasteiger partial charge is 0.319 e. The molecule has 0 fully saturated rings. The topological polar surface area (TPSA) is 71.1 Å². The number of rotatable bonds is 4. The Morgan fingerprint density at radius 2 is 1.95 bits per heavy atom. The van der Waals surface area contributed by atoms with E-state index in [4.69, 9.17) is 0 Å². The van der Waals surface area contributed by atoms with Crippen LogP contribution in [0.25, 0.3) is 0 Å². The van der Waals surface area contributed by atoms with Crippen molar-refractivity contribution in [2.45, 2.75) is 20.4 Å². The third kappa shape index (κ3) is 3.89. The molecule has 0 unspecified atom stereocenters. The summed E-state index contributed by atoms with van der Waals surface area (Å²) in [6, 6.07) is 6.46. The number of carbonyl (C=O) groups excluding carboxylic acids is 2. The van der Waals surface area contributed by atoms with Gasteiger partial charge < -0.3 is 10.6 Å². The van der Waals surface area contributed by atoms with Crippen LogP contribution in [-0.4, -0.2) is 16.8 Å². The lowest BCUT2D eigenvalue weighted by Crippen LogP contribution is -2.28. The van der Waals surface area contributed by atoms with Crippen molar-refractivity contribution in [1.82, 2.24) is 10.3 Å². The zero-order chi connectivity index (χ0) is 14.5. The second-order valence-electron chi connectivity index (χ2n) is 4.30. The number of aryl methyl sites for hydroxylation is 1. The van der Waals surface area contributed by atoms with E-state index in [-0.39, 0.29) is 11.8 Å². The molecule has 1 heterocycles. The summed E-state index contributed by atoms with van der Waals surface area (Å²) in [4.78, 5) is 27.1. The van der Waals surface area contributed by atoms with Gasteiger partial charge >= 0.3 is 6.03 Å². The van der Waals surface area contributed by atoms with Crippen LogP contribution in [0.2, 0.25) is 0 Å². The van der Waals surface area contributed by atoms with E-state index >= 15 is 0 Å². The van der Waals surface area contributed by atoms with Crippen molar-refractivity contribution in [1.29, 1.82) is 0 Å². The van der Waals surface area contributed by atoms with Crippen LogP contribution >= 0.6 is 11.3 Å². The largest absolute Gasteiger partial charge is 0.332 e. The number of ketones is 1. The Hall–Kier alpha value is -2.21. The van der Waals surface area contributed by atoms with Crippen molar-refractivity contribution in [3.8, 4) is 0 Å². The maximum absolute atomic E-state index is 11.7. The lowest BCUT2D eigenvalue weighted by Gasteiger charge is -2.06. The highest BCUT2D eigenvalue weighted by Gasteiger charge is 2.04. The molecule has 5 nitrogen and oxygen atoms in total. The van der Waals surface area contributed by atoms with Gasteiger partial charge in [-0.1, -0.05) is 0 Å². The zero-order valence-electron chi connectivity index (χ0n) is 11.3. The number of nitrogens with one attached hydrogen (secondary N) is 2. The number of hydrogen-bond donors (Lipinski definition) is 2. The molecule has 2 N–H and O–H groups in total. The van der Waals surface area contributed by atoms with Crippen LogP contribution in [0.15, 0.2) is 29.6 Å². The predicted molar refractivity (Wildman–Crippen MR) is 79.2 cm³/mol. The summed E-state index contributed by atoms with van der Waals surface area (Å²) in [7, 11) is 0. The molecule has 0 aliphatic heterocycles. The Balaban J connectivity index is 1.86. The fourth-order valence-electron chi connectivity index (χ4n) is 1.62. The fraction of sp³-hybridized carbons (Fsp3) is 0.214. The van der Waals surface area contributed by atoms with Crippen LogP contribution in [-0.2, 0) is 6.54 Å². The standard InChI is InChI=1S/C14H15N3O2S/c1-9(18)11-3-5-12(6-4-11)17-14(19)15-7-13-8-20-10(2)16-13/h3-6,8H,7H2,1-2H3,(H2,15,17,19). The van der Waals surface area contributed by atoms with Gasteiger partial charge in [-0.2, -0.15) is 0 Å². The summed E-state index contributed by atoms with van der Waals surface area (Å²) in [5, 5.41) is 8.31. The molecule has 0 atom stereocenters. The minimum atomic E-state index is -0.300. The number of benzene rings is 1. The van der Waals surface area contributed by atoms with Crippen LogP contribution < -0.4 is 10.6 Å². The number of nitrogens with zero attached hydrogens (tertiary/aromatic N) is 1. The van der Waals surface area contributed by atoms with Crippen molar-refractivity contribution in [2.75, 3.05) is 5.32 Å². The molecule has 0 aliphatic carbocycles. The highest BCUT2D eigenvalue weighted by atomic mass is 32.1. The van der Waals surface area contributed by atoms with E-state index in [1.165, 1.54) is 6.92 Å². The van der Waals surface area contributed by atoms with E-state index in [1.807, 2.05) is 12.3 Å². The quantitative estimate of drug-likeness (QED) is 0.850. The lowest BCUT2D eigenvalue weighted by molar-refractivity contribution is 0.101. The van der Waals surface area contributed by atoms with Gasteiger partial charge in [0.2, 0.25) is 0 Å². The van der Waals surface area contributed by atoms with E-state index in [1.54, 1.807) is 35.6 Å². The molecule has 6 heteroatoms. The van der Waals surface area contributed by atoms with Crippen molar-refractivity contribution in [3.05, 3.63) is 45.9 Å². The molecular formula is C14H15N3O2S. The summed E-state index contributed by atoms with van der Waals surface area (Å²) in [5.41, 5.74) is 2.10. The number of hydrogen-bond acceptors (Lipinski definition) is 4. The molecular weight excluding hydrogens is 274 g/mol. The SMILES string of the molecule is CC(=O)c1ccc(NC(=O)NCc2csc(C)n2)cc1. The van der Waals surface area contributed by atoms with Crippen LogP contribution in [0, 0.1) is 6.92 Å². The van der Waals surface area contributed by atoms with Gasteiger partial charge in [0.15, 0.2) is 5.78 Å². The van der Waals surface area contributed by atoms with Crippen molar-refractivity contribution >= 4 is 28.8 Å². The number of urea groups is 1. The average Bonchev–Trinajstić information content (AvgIpc) is 2.83. The molecule has 0 radical (unpaired) electrons. The van der Waals surface area contributed by atoms with Gasteiger partial charge in [-0.3, -0.25) is 4.79 Å². The number of aromatic nitrogens is 1. The van der Waals surface area contributed by atoms with Crippen molar-refractivity contribution < 1.29 is 9.59 Å². The van der Waals surface area contributed by atoms with E-state index in [9.17, 15) is 9.59 Å². The van der Waals surface area contributed by atoms with Crippen molar-refractivity contribution in [3.63, 3.8) is 0 Å². The molecule has 20 heavy (non-hydrogen) atoms. The highest BCUT2D eigenvalue weighted by molar-refractivity contribution is 7.09. The minimum Gasteiger partial charge on any atom is -0.332 e. The fourth-order valence-corrected chi connectivity index (χ4v) is 2.24. The summed E-state index contributed by atoms with van der Waals surface area (Å²) < 4.78 is 0. The number of anilines is 1. The van der Waals surface area contributed by atoms with Gasteiger partial charge in [0.05, 0.1) is 17.2 Å². The first-order valence-corrected chi connectivity index (χ1v) is 6.99. The molecule has 0 spiro atoms. The molecule has 1 aromatic heterocycles. The molecule has 2 aromatic rings. The summed E-state index contributed by atoms with van der Waals surface area (Å²) in [6.45, 7) is 3.82.